The molecule has 0 bridgehead atoms. The van der Waals surface area contributed by atoms with E-state index in [0.29, 0.717) is 26.3 Å². The highest BCUT2D eigenvalue weighted by Crippen LogP contribution is 2.41. The van der Waals surface area contributed by atoms with Crippen LogP contribution in [0.1, 0.15) is 28.0 Å². The standard InChI is InChI=1S/C23H23N5O2S/c29-23(28-5-7-30-8-6-28)14-2-4-18-19(10-14)31-22-20(18)21(25-13-26-22)27-17-3-1-15-11-24-12-16(15)9-17/h1,3,9,12-14H,2,4-8,10-11H2,(H,25,26,27)/t14-/m0/s1. The van der Waals surface area contributed by atoms with Gasteiger partial charge in [0.25, 0.3) is 0 Å². The van der Waals surface area contributed by atoms with Crippen LogP contribution in [0.5, 0.6) is 0 Å². The molecule has 7 nitrogen and oxygen atoms in total. The Balaban J connectivity index is 1.29. The van der Waals surface area contributed by atoms with E-state index in [1.807, 2.05) is 11.1 Å². The number of rotatable bonds is 3. The van der Waals surface area contributed by atoms with E-state index in [9.17, 15) is 4.79 Å². The van der Waals surface area contributed by atoms with Crippen molar-refractivity contribution < 1.29 is 9.53 Å². The summed E-state index contributed by atoms with van der Waals surface area (Å²) in [5, 5.41) is 4.61. The number of morpholine rings is 1. The molecule has 2 aromatic heterocycles. The van der Waals surface area contributed by atoms with Gasteiger partial charge in [0.2, 0.25) is 5.91 Å². The largest absolute Gasteiger partial charge is 0.378 e. The molecule has 1 atom stereocenters. The average Bonchev–Trinajstić information content (AvgIpc) is 3.43. The Morgan fingerprint density at radius 2 is 2.13 bits per heavy atom. The van der Waals surface area contributed by atoms with Crippen LogP contribution in [0.2, 0.25) is 0 Å². The first-order valence-corrected chi connectivity index (χ1v) is 11.6. The van der Waals surface area contributed by atoms with Crippen LogP contribution in [0.4, 0.5) is 11.5 Å². The first kappa shape index (κ1) is 18.9. The lowest BCUT2D eigenvalue weighted by molar-refractivity contribution is -0.140. The normalized spacial score (nSPS) is 20.0. The Kier molecular flexibility index (Phi) is 4.69. The molecule has 0 unspecified atom stereocenters. The van der Waals surface area contributed by atoms with E-state index in [2.05, 4.69) is 38.5 Å². The summed E-state index contributed by atoms with van der Waals surface area (Å²) in [6.45, 7) is 3.46. The number of aryl methyl sites for hydroxylation is 1. The number of nitrogens with zero attached hydrogens (tertiary/aromatic N) is 4. The Morgan fingerprint density at radius 1 is 1.23 bits per heavy atom. The third-order valence-corrected chi connectivity index (χ3v) is 7.58. The van der Waals surface area contributed by atoms with Crippen molar-refractivity contribution in [1.29, 1.82) is 0 Å². The Hall–Kier alpha value is -2.84. The third-order valence-electron chi connectivity index (χ3n) is 6.42. The lowest BCUT2D eigenvalue weighted by Gasteiger charge is -2.31. The van der Waals surface area contributed by atoms with Crippen molar-refractivity contribution in [3.05, 3.63) is 46.1 Å². The van der Waals surface area contributed by atoms with Crippen LogP contribution in [0, 0.1) is 5.92 Å². The van der Waals surface area contributed by atoms with Gasteiger partial charge in [0.05, 0.1) is 25.1 Å². The lowest BCUT2D eigenvalue weighted by atomic mass is 9.86. The zero-order valence-electron chi connectivity index (χ0n) is 17.1. The van der Waals surface area contributed by atoms with Crippen molar-refractivity contribution in [1.82, 2.24) is 14.9 Å². The summed E-state index contributed by atoms with van der Waals surface area (Å²) in [6.07, 6.45) is 6.10. The summed E-state index contributed by atoms with van der Waals surface area (Å²) in [5.74, 6) is 1.17. The number of nitrogens with one attached hydrogen (secondary N) is 1. The number of benzene rings is 1. The number of carbonyl (C=O) groups is 1. The molecule has 1 fully saturated rings. The molecule has 31 heavy (non-hydrogen) atoms. The minimum Gasteiger partial charge on any atom is -0.378 e. The van der Waals surface area contributed by atoms with Crippen molar-refractivity contribution in [3.8, 4) is 0 Å². The molecule has 1 N–H and O–H groups in total. The first-order chi connectivity index (χ1) is 15.3. The minimum atomic E-state index is 0.0547. The molecule has 1 amide bonds. The summed E-state index contributed by atoms with van der Waals surface area (Å²) >= 11 is 1.70. The molecule has 1 aliphatic carbocycles. The summed E-state index contributed by atoms with van der Waals surface area (Å²) < 4.78 is 5.40. The minimum absolute atomic E-state index is 0.0547. The number of anilines is 2. The van der Waals surface area contributed by atoms with Crippen LogP contribution in [0.3, 0.4) is 0 Å². The van der Waals surface area contributed by atoms with Crippen LogP contribution >= 0.6 is 11.3 Å². The number of hydrogen-bond acceptors (Lipinski definition) is 7. The maximum absolute atomic E-state index is 13.0. The Morgan fingerprint density at radius 3 is 3.03 bits per heavy atom. The van der Waals surface area contributed by atoms with Crippen molar-refractivity contribution in [2.45, 2.75) is 25.8 Å². The fourth-order valence-electron chi connectivity index (χ4n) is 4.77. The molecule has 2 aliphatic heterocycles. The van der Waals surface area contributed by atoms with Crippen LogP contribution < -0.4 is 5.32 Å². The fraction of sp³-hybridized carbons (Fsp3) is 0.391. The second-order valence-corrected chi connectivity index (χ2v) is 9.38. The summed E-state index contributed by atoms with van der Waals surface area (Å²) in [4.78, 5) is 30.7. The molecule has 0 saturated carbocycles. The average molecular weight is 434 g/mol. The van der Waals surface area contributed by atoms with Gasteiger partial charge in [0.15, 0.2) is 0 Å². The fourth-order valence-corrected chi connectivity index (χ4v) is 6.04. The van der Waals surface area contributed by atoms with Crippen LogP contribution in [-0.4, -0.2) is 53.3 Å². The Bertz CT molecular complexity index is 1200. The zero-order chi connectivity index (χ0) is 20.8. The molecule has 3 aromatic rings. The maximum Gasteiger partial charge on any atom is 0.226 e. The van der Waals surface area contributed by atoms with Crippen molar-refractivity contribution >= 4 is 45.2 Å². The number of fused-ring (bicyclic) bond motifs is 4. The first-order valence-electron chi connectivity index (χ1n) is 10.8. The van der Waals surface area contributed by atoms with E-state index >= 15 is 0 Å². The van der Waals surface area contributed by atoms with Gasteiger partial charge in [-0.2, -0.15) is 0 Å². The number of hydrogen-bond donors (Lipinski definition) is 1. The SMILES string of the molecule is O=C([C@H]1CCc2c(sc3ncnc(Nc4ccc5c(c4)C=NC5)c23)C1)N1CCOCC1. The molecule has 0 spiro atoms. The molecule has 0 radical (unpaired) electrons. The second-order valence-electron chi connectivity index (χ2n) is 8.29. The van der Waals surface area contributed by atoms with Gasteiger partial charge in [-0.15, -0.1) is 11.3 Å². The second kappa shape index (κ2) is 7.69. The number of aromatic nitrogens is 2. The van der Waals surface area contributed by atoms with Gasteiger partial charge >= 0.3 is 0 Å². The number of ether oxygens (including phenoxy) is 1. The molecule has 1 aromatic carbocycles. The summed E-state index contributed by atoms with van der Waals surface area (Å²) in [5.41, 5.74) is 4.72. The molecule has 1 saturated heterocycles. The number of carbonyl (C=O) groups excluding carboxylic acids is 1. The highest BCUT2D eigenvalue weighted by molar-refractivity contribution is 7.19. The van der Waals surface area contributed by atoms with Crippen LogP contribution in [0.15, 0.2) is 29.5 Å². The Labute approximate surface area is 184 Å². The van der Waals surface area contributed by atoms with Crippen LogP contribution in [0.25, 0.3) is 10.2 Å². The van der Waals surface area contributed by atoms with Gasteiger partial charge in [-0.3, -0.25) is 9.79 Å². The lowest BCUT2D eigenvalue weighted by Crippen LogP contribution is -2.44. The van der Waals surface area contributed by atoms with E-state index < -0.39 is 0 Å². The zero-order valence-corrected chi connectivity index (χ0v) is 18.0. The van der Waals surface area contributed by atoms with Crippen molar-refractivity contribution in [2.24, 2.45) is 10.9 Å². The number of thiophene rings is 1. The van der Waals surface area contributed by atoms with Gasteiger partial charge in [-0.05, 0) is 48.1 Å². The molecule has 3 aliphatic rings. The molecule has 4 heterocycles. The predicted molar refractivity (Wildman–Crippen MR) is 121 cm³/mol. The quantitative estimate of drug-likeness (QED) is 0.685. The molecule has 6 rings (SSSR count). The highest BCUT2D eigenvalue weighted by atomic mass is 32.1. The third kappa shape index (κ3) is 3.40. The van der Waals surface area contributed by atoms with Gasteiger partial charge < -0.3 is 15.0 Å². The summed E-state index contributed by atoms with van der Waals surface area (Å²) in [7, 11) is 0. The highest BCUT2D eigenvalue weighted by Gasteiger charge is 2.32. The molecular formula is C23H23N5O2S. The van der Waals surface area contributed by atoms with E-state index in [4.69, 9.17) is 4.74 Å². The predicted octanol–water partition coefficient (Wildman–Crippen LogP) is 3.33. The summed E-state index contributed by atoms with van der Waals surface area (Å²) in [6, 6.07) is 6.32. The maximum atomic E-state index is 13.0. The smallest absolute Gasteiger partial charge is 0.226 e. The van der Waals surface area contributed by atoms with Gasteiger partial charge in [-0.25, -0.2) is 9.97 Å². The molecular weight excluding hydrogens is 410 g/mol. The van der Waals surface area contributed by atoms with Crippen LogP contribution in [-0.2, 0) is 28.9 Å². The number of aliphatic imine (C=N–C) groups is 1. The van der Waals surface area contributed by atoms with Gasteiger partial charge in [0, 0.05) is 35.8 Å². The van der Waals surface area contributed by atoms with Crippen molar-refractivity contribution in [3.63, 3.8) is 0 Å². The molecule has 8 heteroatoms. The van der Waals surface area contributed by atoms with E-state index in [1.54, 1.807) is 17.7 Å². The van der Waals surface area contributed by atoms with E-state index in [-0.39, 0.29) is 11.8 Å². The van der Waals surface area contributed by atoms with E-state index in [0.717, 1.165) is 53.1 Å². The van der Waals surface area contributed by atoms with E-state index in [1.165, 1.54) is 16.0 Å². The molecule has 158 valence electrons. The topological polar surface area (TPSA) is 79.7 Å². The monoisotopic (exact) mass is 433 g/mol. The number of amides is 1. The van der Waals surface area contributed by atoms with Crippen molar-refractivity contribution in [2.75, 3.05) is 31.6 Å². The van der Waals surface area contributed by atoms with Gasteiger partial charge in [0.1, 0.15) is 17.0 Å². The van der Waals surface area contributed by atoms with Gasteiger partial charge in [-0.1, -0.05) is 6.07 Å².